The van der Waals surface area contributed by atoms with Crippen molar-refractivity contribution in [3.8, 4) is 0 Å². The van der Waals surface area contributed by atoms with Crippen LogP contribution in [0.3, 0.4) is 0 Å². The van der Waals surface area contributed by atoms with Gasteiger partial charge in [-0.3, -0.25) is 4.79 Å². The summed E-state index contributed by atoms with van der Waals surface area (Å²) >= 11 is 0. The largest absolute Gasteiger partial charge is 0.378 e. The maximum Gasteiger partial charge on any atom is 0.256 e. The lowest BCUT2D eigenvalue weighted by atomic mass is 9.96. The fourth-order valence-corrected chi connectivity index (χ4v) is 5.05. The Morgan fingerprint density at radius 3 is 2.55 bits per heavy atom. The van der Waals surface area contributed by atoms with Crippen molar-refractivity contribution in [1.82, 2.24) is 9.47 Å². The Morgan fingerprint density at radius 1 is 0.966 bits per heavy atom. The van der Waals surface area contributed by atoms with Crippen LogP contribution in [0.5, 0.6) is 0 Å². The Morgan fingerprint density at radius 2 is 1.72 bits per heavy atom. The first-order valence-corrected chi connectivity index (χ1v) is 10.8. The Balaban J connectivity index is 1.37. The Kier molecular flexibility index (Phi) is 5.11. The van der Waals surface area contributed by atoms with Crippen molar-refractivity contribution < 1.29 is 9.53 Å². The van der Waals surface area contributed by atoms with Crippen LogP contribution in [0.15, 0.2) is 60.8 Å². The summed E-state index contributed by atoms with van der Waals surface area (Å²) in [7, 11) is 0. The van der Waals surface area contributed by atoms with E-state index < -0.39 is 0 Å². The number of amides is 1. The quantitative estimate of drug-likeness (QED) is 0.649. The fourth-order valence-electron chi connectivity index (χ4n) is 5.05. The molecule has 0 bridgehead atoms. The summed E-state index contributed by atoms with van der Waals surface area (Å²) in [6, 6.07) is 19.2. The number of carbonyl (C=O) groups excluding carboxylic acids is 1. The van der Waals surface area contributed by atoms with Gasteiger partial charge in [0, 0.05) is 36.7 Å². The molecule has 29 heavy (non-hydrogen) atoms. The highest BCUT2D eigenvalue weighted by atomic mass is 16.5. The van der Waals surface area contributed by atoms with Crippen LogP contribution >= 0.6 is 0 Å². The molecule has 0 spiro atoms. The van der Waals surface area contributed by atoms with Crippen molar-refractivity contribution in [2.75, 3.05) is 26.3 Å². The molecule has 3 aromatic rings. The van der Waals surface area contributed by atoms with Crippen molar-refractivity contribution >= 4 is 16.8 Å². The average Bonchev–Trinajstić information content (AvgIpc) is 3.40. The van der Waals surface area contributed by atoms with Crippen LogP contribution in [-0.4, -0.2) is 41.7 Å². The standard InChI is InChI=1S/C25H28N2O2/c28-25(26-12-14-29-15-13-26)23-18-27(24-9-5-4-8-22(23)24)17-19-10-11-21(16-19)20-6-2-1-3-7-20/h1-9,18-19,21H,10-17H2. The van der Waals surface area contributed by atoms with Crippen molar-refractivity contribution in [1.29, 1.82) is 0 Å². The van der Waals surface area contributed by atoms with Crippen LogP contribution < -0.4 is 0 Å². The van der Waals surface area contributed by atoms with Crippen molar-refractivity contribution in [2.24, 2.45) is 5.92 Å². The Hall–Kier alpha value is -2.59. The van der Waals surface area contributed by atoms with Crippen LogP contribution in [0.1, 0.15) is 41.1 Å². The predicted molar refractivity (Wildman–Crippen MR) is 115 cm³/mol. The number of fused-ring (bicyclic) bond motifs is 1. The van der Waals surface area contributed by atoms with Gasteiger partial charge in [-0.25, -0.2) is 0 Å². The molecule has 2 unspecified atom stereocenters. The lowest BCUT2D eigenvalue weighted by Gasteiger charge is -2.26. The molecule has 1 saturated carbocycles. The third-order valence-corrected chi connectivity index (χ3v) is 6.58. The minimum absolute atomic E-state index is 0.136. The molecule has 150 valence electrons. The van der Waals surface area contributed by atoms with E-state index in [1.165, 1.54) is 30.3 Å². The number of nitrogens with zero attached hydrogens (tertiary/aromatic N) is 2. The van der Waals surface area contributed by atoms with Gasteiger partial charge in [-0.1, -0.05) is 48.5 Å². The smallest absolute Gasteiger partial charge is 0.256 e. The molecule has 0 N–H and O–H groups in total. The topological polar surface area (TPSA) is 34.5 Å². The van der Waals surface area contributed by atoms with Crippen LogP contribution in [0.2, 0.25) is 0 Å². The zero-order valence-corrected chi connectivity index (χ0v) is 16.8. The van der Waals surface area contributed by atoms with Gasteiger partial charge in [-0.2, -0.15) is 0 Å². The monoisotopic (exact) mass is 388 g/mol. The van der Waals surface area contributed by atoms with E-state index >= 15 is 0 Å². The van der Waals surface area contributed by atoms with Gasteiger partial charge < -0.3 is 14.2 Å². The second kappa shape index (κ2) is 8.03. The highest BCUT2D eigenvalue weighted by molar-refractivity contribution is 6.07. The summed E-state index contributed by atoms with van der Waals surface area (Å²) in [5.74, 6) is 1.46. The Bertz CT molecular complexity index is 988. The van der Waals surface area contributed by atoms with E-state index in [1.54, 1.807) is 0 Å². The molecule has 1 saturated heterocycles. The molecule has 4 nitrogen and oxygen atoms in total. The van der Waals surface area contributed by atoms with Gasteiger partial charge in [0.2, 0.25) is 0 Å². The first-order chi connectivity index (χ1) is 14.3. The van der Waals surface area contributed by atoms with E-state index in [1.807, 2.05) is 11.0 Å². The molecule has 2 heterocycles. The van der Waals surface area contributed by atoms with Gasteiger partial charge in [-0.15, -0.1) is 0 Å². The molecule has 5 rings (SSSR count). The summed E-state index contributed by atoms with van der Waals surface area (Å²) in [6.07, 6.45) is 5.83. The number of aromatic nitrogens is 1. The summed E-state index contributed by atoms with van der Waals surface area (Å²) in [4.78, 5) is 15.1. The molecule has 0 radical (unpaired) electrons. The molecule has 1 amide bonds. The van der Waals surface area contributed by atoms with Crippen LogP contribution in [0.25, 0.3) is 10.9 Å². The molecule has 2 fully saturated rings. The highest BCUT2D eigenvalue weighted by Gasteiger charge is 2.28. The van der Waals surface area contributed by atoms with E-state index in [-0.39, 0.29) is 5.91 Å². The molecular weight excluding hydrogens is 360 g/mol. The molecule has 2 aromatic carbocycles. The summed E-state index contributed by atoms with van der Waals surface area (Å²) < 4.78 is 7.74. The van der Waals surface area contributed by atoms with Gasteiger partial charge in [-0.05, 0) is 42.7 Å². The van der Waals surface area contributed by atoms with Crippen LogP contribution in [0.4, 0.5) is 0 Å². The lowest BCUT2D eigenvalue weighted by molar-refractivity contribution is 0.0304. The molecule has 1 aliphatic carbocycles. The second-order valence-corrected chi connectivity index (χ2v) is 8.40. The third-order valence-electron chi connectivity index (χ3n) is 6.58. The summed E-state index contributed by atoms with van der Waals surface area (Å²) in [5, 5.41) is 1.07. The number of ether oxygens (including phenoxy) is 1. The number of carbonyl (C=O) groups is 1. The number of hydrogen-bond acceptors (Lipinski definition) is 2. The molecule has 4 heteroatoms. The highest BCUT2D eigenvalue weighted by Crippen LogP contribution is 2.39. The zero-order valence-electron chi connectivity index (χ0n) is 16.8. The average molecular weight is 389 g/mol. The van der Waals surface area contributed by atoms with Crippen molar-refractivity contribution in [3.63, 3.8) is 0 Å². The van der Waals surface area contributed by atoms with Crippen LogP contribution in [-0.2, 0) is 11.3 Å². The number of hydrogen-bond donors (Lipinski definition) is 0. The lowest BCUT2D eigenvalue weighted by Crippen LogP contribution is -2.40. The first-order valence-electron chi connectivity index (χ1n) is 10.8. The van der Waals surface area contributed by atoms with E-state index in [0.29, 0.717) is 38.1 Å². The zero-order chi connectivity index (χ0) is 19.6. The van der Waals surface area contributed by atoms with E-state index in [0.717, 1.165) is 17.5 Å². The normalized spacial score (nSPS) is 22.3. The third kappa shape index (κ3) is 3.69. The summed E-state index contributed by atoms with van der Waals surface area (Å²) in [6.45, 7) is 3.61. The van der Waals surface area contributed by atoms with Crippen LogP contribution in [0, 0.1) is 5.92 Å². The predicted octanol–water partition coefficient (Wildman–Crippen LogP) is 4.70. The van der Waals surface area contributed by atoms with Crippen molar-refractivity contribution in [2.45, 2.75) is 31.7 Å². The number of morpholine rings is 1. The van der Waals surface area contributed by atoms with E-state index in [9.17, 15) is 4.79 Å². The molecule has 1 aliphatic heterocycles. The molecule has 2 atom stereocenters. The van der Waals surface area contributed by atoms with Gasteiger partial charge in [0.05, 0.1) is 18.8 Å². The van der Waals surface area contributed by atoms with E-state index in [2.05, 4.69) is 59.3 Å². The Labute approximate surface area is 172 Å². The number of benzene rings is 2. The summed E-state index contributed by atoms with van der Waals surface area (Å²) in [5.41, 5.74) is 3.47. The van der Waals surface area contributed by atoms with E-state index in [4.69, 9.17) is 4.74 Å². The molecule has 2 aliphatic rings. The first kappa shape index (κ1) is 18.4. The van der Waals surface area contributed by atoms with Gasteiger partial charge in [0.1, 0.15) is 0 Å². The fraction of sp³-hybridized carbons (Fsp3) is 0.400. The maximum absolute atomic E-state index is 13.2. The number of para-hydroxylation sites is 1. The SMILES string of the molecule is O=C(c1cn(CC2CCC(c3ccccc3)C2)c2ccccc12)N1CCOCC1. The number of rotatable bonds is 4. The minimum atomic E-state index is 0.136. The molecule has 1 aromatic heterocycles. The van der Waals surface area contributed by atoms with Crippen molar-refractivity contribution in [3.05, 3.63) is 71.9 Å². The van der Waals surface area contributed by atoms with Gasteiger partial charge >= 0.3 is 0 Å². The minimum Gasteiger partial charge on any atom is -0.378 e. The molecular formula is C25H28N2O2. The second-order valence-electron chi connectivity index (χ2n) is 8.40. The maximum atomic E-state index is 13.2. The van der Waals surface area contributed by atoms with Gasteiger partial charge in [0.15, 0.2) is 0 Å². The van der Waals surface area contributed by atoms with Gasteiger partial charge in [0.25, 0.3) is 5.91 Å².